The minimum Gasteiger partial charge on any atom is -0.355 e. The first-order valence-corrected chi connectivity index (χ1v) is 5.40. The zero-order valence-corrected chi connectivity index (χ0v) is 10.5. The van der Waals surface area contributed by atoms with Crippen molar-refractivity contribution < 1.29 is 4.79 Å². The van der Waals surface area contributed by atoms with Crippen molar-refractivity contribution in [3.63, 3.8) is 0 Å². The number of aromatic nitrogens is 1. The van der Waals surface area contributed by atoms with Crippen LogP contribution >= 0.6 is 28.3 Å². The lowest BCUT2D eigenvalue weighted by Crippen LogP contribution is -2.46. The lowest BCUT2D eigenvalue weighted by atomic mass is 10.2. The average Bonchev–Trinajstić information content (AvgIpc) is 2.65. The number of hydrogen-bond donors (Lipinski definition) is 2. The molecule has 1 aromatic heterocycles. The molecule has 0 radical (unpaired) electrons. The summed E-state index contributed by atoms with van der Waals surface area (Å²) in [6, 6.07) is 1.81. The van der Waals surface area contributed by atoms with Gasteiger partial charge in [0.15, 0.2) is 0 Å². The number of aromatic amines is 1. The highest BCUT2D eigenvalue weighted by Crippen LogP contribution is 2.12. The van der Waals surface area contributed by atoms with Gasteiger partial charge in [-0.15, -0.1) is 12.4 Å². The standard InChI is InChI=1S/C9H12BrN3O.ClH/c10-8-5-7(6-12-8)9(14)13-3-1-11-2-4-13;/h5-6,11-12H,1-4H2;1H. The Balaban J connectivity index is 0.00000112. The molecule has 0 aliphatic carbocycles. The molecule has 1 amide bonds. The summed E-state index contributed by atoms with van der Waals surface area (Å²) in [6.07, 6.45) is 1.73. The highest BCUT2D eigenvalue weighted by Gasteiger charge is 2.18. The molecule has 0 bridgehead atoms. The van der Waals surface area contributed by atoms with Crippen molar-refractivity contribution in [3.8, 4) is 0 Å². The quantitative estimate of drug-likeness (QED) is 0.819. The highest BCUT2D eigenvalue weighted by atomic mass is 79.9. The fraction of sp³-hybridized carbons (Fsp3) is 0.444. The van der Waals surface area contributed by atoms with Crippen LogP contribution in [0.25, 0.3) is 0 Å². The third kappa shape index (κ3) is 2.96. The molecular weight excluding hydrogens is 281 g/mol. The van der Waals surface area contributed by atoms with Crippen molar-refractivity contribution in [1.29, 1.82) is 0 Å². The van der Waals surface area contributed by atoms with E-state index < -0.39 is 0 Å². The van der Waals surface area contributed by atoms with Crippen LogP contribution in [0.15, 0.2) is 16.9 Å². The van der Waals surface area contributed by atoms with Crippen LogP contribution in [-0.2, 0) is 0 Å². The van der Waals surface area contributed by atoms with Crippen LogP contribution in [0, 0.1) is 0 Å². The number of hydrogen-bond acceptors (Lipinski definition) is 2. The molecule has 2 heterocycles. The third-order valence-corrected chi connectivity index (χ3v) is 2.76. The molecule has 2 rings (SSSR count). The van der Waals surface area contributed by atoms with Gasteiger partial charge in [0.25, 0.3) is 5.91 Å². The normalized spacial score (nSPS) is 15.9. The molecule has 1 aliphatic heterocycles. The molecule has 84 valence electrons. The number of piperazine rings is 1. The van der Waals surface area contributed by atoms with Crippen molar-refractivity contribution in [1.82, 2.24) is 15.2 Å². The Hall–Kier alpha value is -0.520. The van der Waals surface area contributed by atoms with Gasteiger partial charge in [-0.3, -0.25) is 4.79 Å². The van der Waals surface area contributed by atoms with Crippen LogP contribution in [0.5, 0.6) is 0 Å². The molecule has 1 fully saturated rings. The van der Waals surface area contributed by atoms with Crippen LogP contribution in [-0.4, -0.2) is 42.0 Å². The monoisotopic (exact) mass is 293 g/mol. The molecule has 6 heteroatoms. The molecule has 2 N–H and O–H groups in total. The summed E-state index contributed by atoms with van der Waals surface area (Å²) >= 11 is 3.29. The van der Waals surface area contributed by atoms with Crippen molar-refractivity contribution in [2.45, 2.75) is 0 Å². The maximum absolute atomic E-state index is 11.9. The van der Waals surface area contributed by atoms with E-state index in [2.05, 4.69) is 26.2 Å². The van der Waals surface area contributed by atoms with E-state index in [4.69, 9.17) is 0 Å². The molecule has 15 heavy (non-hydrogen) atoms. The number of halogens is 2. The Morgan fingerprint density at radius 3 is 2.60 bits per heavy atom. The van der Waals surface area contributed by atoms with Crippen LogP contribution in [0.4, 0.5) is 0 Å². The first-order chi connectivity index (χ1) is 6.77. The second kappa shape index (κ2) is 5.53. The van der Waals surface area contributed by atoms with Crippen molar-refractivity contribution in [3.05, 3.63) is 22.4 Å². The van der Waals surface area contributed by atoms with E-state index in [1.807, 2.05) is 11.0 Å². The summed E-state index contributed by atoms with van der Waals surface area (Å²) in [6.45, 7) is 3.36. The molecule has 0 atom stereocenters. The number of nitrogens with zero attached hydrogens (tertiary/aromatic N) is 1. The third-order valence-electron chi connectivity index (χ3n) is 2.30. The second-order valence-electron chi connectivity index (χ2n) is 3.28. The van der Waals surface area contributed by atoms with Gasteiger partial charge in [-0.1, -0.05) is 0 Å². The Kier molecular flexibility index (Phi) is 4.63. The summed E-state index contributed by atoms with van der Waals surface area (Å²) in [4.78, 5) is 16.7. The smallest absolute Gasteiger partial charge is 0.255 e. The largest absolute Gasteiger partial charge is 0.355 e. The van der Waals surface area contributed by atoms with Gasteiger partial charge in [0.05, 0.1) is 10.2 Å². The summed E-state index contributed by atoms with van der Waals surface area (Å²) in [5.74, 6) is 0.105. The molecule has 4 nitrogen and oxygen atoms in total. The van der Waals surface area contributed by atoms with Crippen molar-refractivity contribution in [2.75, 3.05) is 26.2 Å². The minimum atomic E-state index is 0. The molecule has 0 aromatic carbocycles. The van der Waals surface area contributed by atoms with Gasteiger partial charge in [-0.25, -0.2) is 0 Å². The predicted molar refractivity (Wildman–Crippen MR) is 64.5 cm³/mol. The van der Waals surface area contributed by atoms with Crippen molar-refractivity contribution >= 4 is 34.2 Å². The minimum absolute atomic E-state index is 0. The first-order valence-electron chi connectivity index (χ1n) is 4.61. The predicted octanol–water partition coefficient (Wildman–Crippen LogP) is 1.24. The highest BCUT2D eigenvalue weighted by molar-refractivity contribution is 9.10. The van der Waals surface area contributed by atoms with E-state index in [-0.39, 0.29) is 18.3 Å². The van der Waals surface area contributed by atoms with Gasteiger partial charge < -0.3 is 15.2 Å². The second-order valence-corrected chi connectivity index (χ2v) is 4.13. The molecule has 1 aliphatic rings. The fourth-order valence-corrected chi connectivity index (χ4v) is 1.90. The zero-order chi connectivity index (χ0) is 9.97. The van der Waals surface area contributed by atoms with Crippen molar-refractivity contribution in [2.24, 2.45) is 0 Å². The number of rotatable bonds is 1. The molecule has 0 spiro atoms. The average molecular weight is 295 g/mol. The van der Waals surface area contributed by atoms with Gasteiger partial charge in [-0.05, 0) is 22.0 Å². The van der Waals surface area contributed by atoms with E-state index in [9.17, 15) is 4.79 Å². The summed E-state index contributed by atoms with van der Waals surface area (Å²) < 4.78 is 0.844. The number of carbonyl (C=O) groups excluding carboxylic acids is 1. The van der Waals surface area contributed by atoms with E-state index in [0.29, 0.717) is 0 Å². The van der Waals surface area contributed by atoms with Gasteiger partial charge in [-0.2, -0.15) is 0 Å². The topological polar surface area (TPSA) is 48.1 Å². The maximum Gasteiger partial charge on any atom is 0.255 e. The SMILES string of the molecule is Cl.O=C(c1c[nH]c(Br)c1)N1CCNCC1. The first kappa shape index (κ1) is 12.5. The Morgan fingerprint density at radius 2 is 2.07 bits per heavy atom. The van der Waals surface area contributed by atoms with E-state index in [1.165, 1.54) is 0 Å². The fourth-order valence-electron chi connectivity index (χ4n) is 1.54. The van der Waals surface area contributed by atoms with Crippen LogP contribution in [0.1, 0.15) is 10.4 Å². The van der Waals surface area contributed by atoms with Crippen LogP contribution in [0.2, 0.25) is 0 Å². The van der Waals surface area contributed by atoms with Gasteiger partial charge >= 0.3 is 0 Å². The molecule has 0 unspecified atom stereocenters. The van der Waals surface area contributed by atoms with Gasteiger partial charge in [0, 0.05) is 32.4 Å². The molecular formula is C9H13BrClN3O. The van der Waals surface area contributed by atoms with Gasteiger partial charge in [0.1, 0.15) is 0 Å². The zero-order valence-electron chi connectivity index (χ0n) is 8.12. The van der Waals surface area contributed by atoms with Crippen LogP contribution in [0.3, 0.4) is 0 Å². The number of H-pyrrole nitrogens is 1. The number of amides is 1. The summed E-state index contributed by atoms with van der Waals surface area (Å²) in [5, 5.41) is 3.22. The molecule has 1 saturated heterocycles. The number of carbonyl (C=O) groups is 1. The Morgan fingerprint density at radius 1 is 1.40 bits per heavy atom. The van der Waals surface area contributed by atoms with E-state index >= 15 is 0 Å². The van der Waals surface area contributed by atoms with Crippen LogP contribution < -0.4 is 5.32 Å². The summed E-state index contributed by atoms with van der Waals surface area (Å²) in [5.41, 5.74) is 0.721. The number of nitrogens with one attached hydrogen (secondary N) is 2. The Bertz CT molecular complexity index is 336. The molecule has 1 aromatic rings. The van der Waals surface area contributed by atoms with E-state index in [1.54, 1.807) is 6.20 Å². The summed E-state index contributed by atoms with van der Waals surface area (Å²) in [7, 11) is 0. The Labute approximate surface area is 103 Å². The lowest BCUT2D eigenvalue weighted by molar-refractivity contribution is 0.0736. The van der Waals surface area contributed by atoms with E-state index in [0.717, 1.165) is 36.3 Å². The molecule has 0 saturated carbocycles. The van der Waals surface area contributed by atoms with Gasteiger partial charge in [0.2, 0.25) is 0 Å². The lowest BCUT2D eigenvalue weighted by Gasteiger charge is -2.26. The maximum atomic E-state index is 11.9.